The fourth-order valence-corrected chi connectivity index (χ4v) is 8.39. The number of hydrogen-bond acceptors (Lipinski definition) is 12. The van der Waals surface area contributed by atoms with Gasteiger partial charge in [-0.05, 0) is 61.9 Å². The van der Waals surface area contributed by atoms with Crippen LogP contribution in [0.25, 0.3) is 32.0 Å². The smallest absolute Gasteiger partial charge is 0.408 e. The van der Waals surface area contributed by atoms with Crippen molar-refractivity contribution in [3.8, 4) is 39.1 Å². The lowest BCUT2D eigenvalue weighted by molar-refractivity contribution is -0.151. The van der Waals surface area contributed by atoms with E-state index in [-0.39, 0.29) is 30.5 Å². The fourth-order valence-electron chi connectivity index (χ4n) is 7.06. The zero-order valence-electron chi connectivity index (χ0n) is 33.3. The number of piperazine rings is 1. The minimum absolute atomic E-state index is 0.0342. The predicted molar refractivity (Wildman–Crippen MR) is 221 cm³/mol. The molecule has 316 valence electrons. The third-order valence-electron chi connectivity index (χ3n) is 10.3. The number of likely N-dealkylation sites (N-methyl/N-ethyl adjacent to an activating group) is 1. The van der Waals surface area contributed by atoms with Crippen LogP contribution in [0, 0.1) is 12.9 Å². The lowest BCUT2D eigenvalue weighted by atomic mass is 9.76. The van der Waals surface area contributed by atoms with Crippen LogP contribution in [0.4, 0.5) is 17.6 Å². The monoisotopic (exact) mass is 868 g/mol. The number of benzene rings is 2. The second-order valence-electron chi connectivity index (χ2n) is 14.3. The van der Waals surface area contributed by atoms with Crippen LogP contribution < -0.4 is 14.2 Å². The van der Waals surface area contributed by atoms with Crippen molar-refractivity contribution in [2.75, 3.05) is 53.0 Å². The van der Waals surface area contributed by atoms with Gasteiger partial charge in [-0.3, -0.25) is 9.58 Å². The van der Waals surface area contributed by atoms with Crippen molar-refractivity contribution in [2.45, 2.75) is 45.1 Å². The Morgan fingerprint density at radius 3 is 2.55 bits per heavy atom. The van der Waals surface area contributed by atoms with Crippen molar-refractivity contribution >= 4 is 47.0 Å². The summed E-state index contributed by atoms with van der Waals surface area (Å²) in [6.45, 7) is 7.15. The number of alkyl halides is 3. The first-order valence-corrected chi connectivity index (χ1v) is 20.5. The number of rotatable bonds is 16. The van der Waals surface area contributed by atoms with E-state index in [1.54, 1.807) is 45.1 Å². The maximum Gasteiger partial charge on any atom is 0.408 e. The Hall–Kier alpha value is -5.17. The molecule has 2 atom stereocenters. The summed E-state index contributed by atoms with van der Waals surface area (Å²) in [7, 11) is 3.85. The van der Waals surface area contributed by atoms with Gasteiger partial charge < -0.3 is 28.3 Å². The molecule has 60 heavy (non-hydrogen) atoms. The van der Waals surface area contributed by atoms with Crippen molar-refractivity contribution in [1.82, 2.24) is 29.5 Å². The van der Waals surface area contributed by atoms with Crippen molar-refractivity contribution in [3.63, 3.8) is 0 Å². The molecule has 0 amide bonds. The maximum atomic E-state index is 14.4. The molecular weight excluding hydrogens is 827 g/mol. The number of esters is 1. The largest absolute Gasteiger partial charge is 0.491 e. The van der Waals surface area contributed by atoms with Crippen molar-refractivity contribution in [2.24, 2.45) is 0 Å². The molecule has 0 N–H and O–H groups in total. The summed E-state index contributed by atoms with van der Waals surface area (Å²) in [5.74, 6) is -0.358. The summed E-state index contributed by atoms with van der Waals surface area (Å²) in [4.78, 5) is 28.5. The van der Waals surface area contributed by atoms with E-state index in [1.807, 2.05) is 13.0 Å². The second-order valence-corrected chi connectivity index (χ2v) is 15.7. The number of halogens is 5. The number of furan rings is 1. The third-order valence-corrected chi connectivity index (χ3v) is 11.8. The van der Waals surface area contributed by atoms with E-state index in [0.717, 1.165) is 37.4 Å². The molecule has 7 rings (SSSR count). The number of ether oxygens (including phenoxy) is 4. The molecule has 12 nitrogen and oxygen atoms in total. The molecule has 0 unspecified atom stereocenters. The molecule has 4 aromatic heterocycles. The standard InChI is InChI=1S/C41H42BClF4N6O6S/c1-4-55-40(54)36(34(42)27-7-5-6-8-28(27)57-21-25-13-14-50-53(25)22-41(45,46)47)59-38-33-32(37(30-11-12-31(44)58-30)60-39(33)49-23-48-38)26-9-10-29(35(43)24(26)2)56-20-19-52-17-15-51(3)16-18-52/h5-14,23,34,36H,4,15-22,42H2,1-3H3/t34-,36+/m1/s1. The van der Waals surface area contributed by atoms with Crippen LogP contribution in [-0.2, 0) is 22.7 Å². The minimum atomic E-state index is -4.48. The quantitative estimate of drug-likeness (QED) is 0.0552. The normalized spacial score (nSPS) is 14.9. The lowest BCUT2D eigenvalue weighted by Crippen LogP contribution is -2.45. The Bertz CT molecular complexity index is 2440. The molecule has 2 aromatic carbocycles. The SMILES string of the molecule is B[C@H](c1ccccc1OCc1ccnn1CC(F)(F)F)[C@H](Oc1ncnc2sc(-c3ccc(F)o3)c(-c3ccc(OCCN4CCN(C)CC4)c(Cl)c3C)c12)C(=O)OCC. The zero-order valence-corrected chi connectivity index (χ0v) is 34.9. The molecule has 5 heterocycles. The van der Waals surface area contributed by atoms with Gasteiger partial charge in [0.1, 0.15) is 56.0 Å². The number of carbonyl (C=O) groups is 1. The molecule has 6 aromatic rings. The molecule has 0 saturated carbocycles. The molecule has 0 bridgehead atoms. The summed E-state index contributed by atoms with van der Waals surface area (Å²) in [5.41, 5.74) is 2.57. The van der Waals surface area contributed by atoms with Gasteiger partial charge in [-0.25, -0.2) is 14.8 Å². The highest BCUT2D eigenvalue weighted by Gasteiger charge is 2.35. The van der Waals surface area contributed by atoms with Gasteiger partial charge >= 0.3 is 12.1 Å². The van der Waals surface area contributed by atoms with Crippen LogP contribution in [0.3, 0.4) is 0 Å². The first kappa shape index (κ1) is 42.9. The third kappa shape index (κ3) is 9.72. The first-order chi connectivity index (χ1) is 28.8. The Balaban J connectivity index is 1.23. The summed E-state index contributed by atoms with van der Waals surface area (Å²) in [6.07, 6.45) is -3.21. The Morgan fingerprint density at radius 1 is 1.03 bits per heavy atom. The summed E-state index contributed by atoms with van der Waals surface area (Å²) in [5, 5.41) is 4.60. The van der Waals surface area contributed by atoms with Crippen molar-refractivity contribution < 1.29 is 45.7 Å². The molecule has 1 aliphatic heterocycles. The number of para-hydroxylation sites is 1. The lowest BCUT2D eigenvalue weighted by Gasteiger charge is -2.32. The van der Waals surface area contributed by atoms with Crippen LogP contribution in [0.2, 0.25) is 5.02 Å². The van der Waals surface area contributed by atoms with E-state index in [2.05, 4.69) is 31.9 Å². The van der Waals surface area contributed by atoms with Crippen LogP contribution in [0.5, 0.6) is 17.4 Å². The van der Waals surface area contributed by atoms with Gasteiger partial charge in [-0.2, -0.15) is 22.7 Å². The van der Waals surface area contributed by atoms with Gasteiger partial charge in [0.05, 0.1) is 27.6 Å². The van der Waals surface area contributed by atoms with Crippen molar-refractivity contribution in [3.05, 3.63) is 95.0 Å². The predicted octanol–water partition coefficient (Wildman–Crippen LogP) is 7.37. The zero-order chi connectivity index (χ0) is 42.6. The van der Waals surface area contributed by atoms with Crippen LogP contribution in [0.1, 0.15) is 29.6 Å². The summed E-state index contributed by atoms with van der Waals surface area (Å²) in [6, 6.07) is 13.9. The molecular formula is C41H42BClF4N6O6S. The summed E-state index contributed by atoms with van der Waals surface area (Å²) < 4.78 is 84.7. The van der Waals surface area contributed by atoms with E-state index in [4.69, 9.17) is 35.0 Å². The first-order valence-electron chi connectivity index (χ1n) is 19.3. The van der Waals surface area contributed by atoms with Crippen LogP contribution in [-0.4, -0.2) is 109 Å². The fraction of sp³-hybridized carbons (Fsp3) is 0.366. The van der Waals surface area contributed by atoms with Gasteiger partial charge in [0, 0.05) is 56.4 Å². The Morgan fingerprint density at radius 2 is 1.82 bits per heavy atom. The van der Waals surface area contributed by atoms with Gasteiger partial charge in [-0.1, -0.05) is 35.9 Å². The van der Waals surface area contributed by atoms with E-state index in [0.29, 0.717) is 60.5 Å². The van der Waals surface area contributed by atoms with Gasteiger partial charge in [-0.15, -0.1) is 11.3 Å². The van der Waals surface area contributed by atoms with E-state index in [1.165, 1.54) is 42.1 Å². The maximum absolute atomic E-state index is 14.4. The van der Waals surface area contributed by atoms with E-state index >= 15 is 0 Å². The highest BCUT2D eigenvalue weighted by atomic mass is 35.5. The number of fused-ring (bicyclic) bond motifs is 1. The van der Waals surface area contributed by atoms with Gasteiger partial charge in [0.25, 0.3) is 6.01 Å². The molecule has 0 spiro atoms. The Kier molecular flexibility index (Phi) is 13.3. The van der Waals surface area contributed by atoms with Crippen molar-refractivity contribution in [1.29, 1.82) is 0 Å². The second kappa shape index (κ2) is 18.6. The molecule has 0 radical (unpaired) electrons. The van der Waals surface area contributed by atoms with Crippen LogP contribution in [0.15, 0.2) is 71.5 Å². The molecule has 1 saturated heterocycles. The topological polar surface area (TPSA) is 117 Å². The highest BCUT2D eigenvalue weighted by Crippen LogP contribution is 2.50. The Labute approximate surface area is 353 Å². The van der Waals surface area contributed by atoms with Crippen LogP contribution >= 0.6 is 22.9 Å². The average Bonchev–Trinajstić information content (AvgIpc) is 3.96. The van der Waals surface area contributed by atoms with E-state index < -0.39 is 36.6 Å². The highest BCUT2D eigenvalue weighted by molar-refractivity contribution is 7.22. The number of nitrogens with zero attached hydrogens (tertiary/aromatic N) is 6. The average molecular weight is 869 g/mol. The molecule has 1 fully saturated rings. The van der Waals surface area contributed by atoms with Gasteiger partial charge in [0.2, 0.25) is 5.88 Å². The summed E-state index contributed by atoms with van der Waals surface area (Å²) >= 11 is 8.24. The number of aromatic nitrogens is 4. The molecule has 1 aliphatic rings. The van der Waals surface area contributed by atoms with Gasteiger partial charge in [0.15, 0.2) is 6.10 Å². The van der Waals surface area contributed by atoms with E-state index in [9.17, 15) is 22.4 Å². The number of hydrogen-bond donors (Lipinski definition) is 0. The minimum Gasteiger partial charge on any atom is -0.491 e. The molecule has 0 aliphatic carbocycles. The molecule has 19 heteroatoms. The number of carbonyl (C=O) groups excluding carboxylic acids is 1. The number of thiophene rings is 1.